The summed E-state index contributed by atoms with van der Waals surface area (Å²) in [5.41, 5.74) is 3.70. The Morgan fingerprint density at radius 3 is 2.27 bits per heavy atom. The highest BCUT2D eigenvalue weighted by Crippen LogP contribution is 2.37. The molecule has 0 radical (unpaired) electrons. The number of rotatable bonds is 12. The SMILES string of the molecule is COc1cccc(-c2csc(NC(=O)C(Sc3ccc(NC(=O)/C(=C/c4cccc(Cl)c4Cl)NC(=O)c4ccccc4)cc3)c3ccccc3)n2)c1. The van der Waals surface area contributed by atoms with Gasteiger partial charge in [0, 0.05) is 27.1 Å². The summed E-state index contributed by atoms with van der Waals surface area (Å²) < 4.78 is 5.34. The molecule has 0 fully saturated rings. The molecule has 8 nitrogen and oxygen atoms in total. The lowest BCUT2D eigenvalue weighted by Gasteiger charge is -2.17. The first-order valence-corrected chi connectivity index (χ1v) is 18.3. The number of amides is 3. The molecule has 12 heteroatoms. The molecule has 1 unspecified atom stereocenters. The number of methoxy groups -OCH3 is 1. The lowest BCUT2D eigenvalue weighted by Crippen LogP contribution is -2.30. The van der Waals surface area contributed by atoms with Crippen molar-refractivity contribution in [3.8, 4) is 17.0 Å². The van der Waals surface area contributed by atoms with Crippen molar-refractivity contribution < 1.29 is 19.1 Å². The maximum Gasteiger partial charge on any atom is 0.272 e. The average molecular weight is 766 g/mol. The summed E-state index contributed by atoms with van der Waals surface area (Å²) >= 11 is 15.3. The fourth-order valence-electron chi connectivity index (χ4n) is 5.00. The highest BCUT2D eigenvalue weighted by Gasteiger charge is 2.24. The number of hydrogen-bond acceptors (Lipinski definition) is 7. The molecule has 52 heavy (non-hydrogen) atoms. The van der Waals surface area contributed by atoms with Gasteiger partial charge in [-0.3, -0.25) is 14.4 Å². The second-order valence-electron chi connectivity index (χ2n) is 11.2. The van der Waals surface area contributed by atoms with Gasteiger partial charge in [0.05, 0.1) is 22.8 Å². The lowest BCUT2D eigenvalue weighted by atomic mass is 10.1. The monoisotopic (exact) mass is 764 g/mol. The fourth-order valence-corrected chi connectivity index (χ4v) is 7.11. The molecule has 260 valence electrons. The summed E-state index contributed by atoms with van der Waals surface area (Å²) in [4.78, 5) is 45.8. The highest BCUT2D eigenvalue weighted by molar-refractivity contribution is 8.00. The van der Waals surface area contributed by atoms with Gasteiger partial charge in [0.1, 0.15) is 16.7 Å². The van der Waals surface area contributed by atoms with Gasteiger partial charge in [-0.2, -0.15) is 0 Å². The predicted octanol–water partition coefficient (Wildman–Crippen LogP) is 10.0. The number of halogens is 2. The molecule has 1 aromatic heterocycles. The third-order valence-corrected chi connectivity index (χ3v) is 10.5. The normalized spacial score (nSPS) is 11.7. The third kappa shape index (κ3) is 9.28. The van der Waals surface area contributed by atoms with Crippen LogP contribution in [0.2, 0.25) is 10.0 Å². The van der Waals surface area contributed by atoms with Crippen LogP contribution in [-0.4, -0.2) is 29.8 Å². The minimum absolute atomic E-state index is 0.0333. The van der Waals surface area contributed by atoms with Crippen molar-refractivity contribution in [3.05, 3.63) is 165 Å². The van der Waals surface area contributed by atoms with Gasteiger partial charge in [-0.05, 0) is 71.8 Å². The molecule has 6 rings (SSSR count). The second kappa shape index (κ2) is 17.2. The van der Waals surface area contributed by atoms with Gasteiger partial charge >= 0.3 is 0 Å². The lowest BCUT2D eigenvalue weighted by molar-refractivity contribution is -0.116. The van der Waals surface area contributed by atoms with Crippen LogP contribution >= 0.6 is 46.3 Å². The van der Waals surface area contributed by atoms with E-state index in [4.69, 9.17) is 27.9 Å². The number of thiazole rings is 1. The van der Waals surface area contributed by atoms with Gasteiger partial charge in [0.15, 0.2) is 5.13 Å². The number of hydrogen-bond donors (Lipinski definition) is 3. The zero-order valence-corrected chi connectivity index (χ0v) is 30.7. The van der Waals surface area contributed by atoms with Gasteiger partial charge in [-0.15, -0.1) is 23.1 Å². The molecule has 1 heterocycles. The Balaban J connectivity index is 1.18. The minimum atomic E-state index is -0.601. The van der Waals surface area contributed by atoms with Crippen LogP contribution in [0, 0.1) is 0 Å². The van der Waals surface area contributed by atoms with Crippen LogP contribution in [0.15, 0.2) is 143 Å². The number of nitrogens with one attached hydrogen (secondary N) is 3. The summed E-state index contributed by atoms with van der Waals surface area (Å²) in [6.07, 6.45) is 1.47. The maximum absolute atomic E-state index is 13.7. The number of nitrogens with zero attached hydrogens (tertiary/aromatic N) is 1. The number of thioether (sulfide) groups is 1. The Kier molecular flexibility index (Phi) is 12.1. The molecule has 5 aromatic carbocycles. The van der Waals surface area contributed by atoms with E-state index in [0.29, 0.717) is 27.0 Å². The van der Waals surface area contributed by atoms with E-state index in [2.05, 4.69) is 20.9 Å². The first-order chi connectivity index (χ1) is 25.3. The Hall–Kier alpha value is -5.39. The summed E-state index contributed by atoms with van der Waals surface area (Å²) in [6, 6.07) is 37.7. The number of carbonyl (C=O) groups excluding carboxylic acids is 3. The van der Waals surface area contributed by atoms with Gasteiger partial charge in [0.25, 0.3) is 11.8 Å². The largest absolute Gasteiger partial charge is 0.497 e. The Bertz CT molecular complexity index is 2230. The minimum Gasteiger partial charge on any atom is -0.497 e. The number of aromatic nitrogens is 1. The van der Waals surface area contributed by atoms with Crippen molar-refractivity contribution in [2.24, 2.45) is 0 Å². The molecule has 0 aliphatic rings. The summed E-state index contributed by atoms with van der Waals surface area (Å²) in [6.45, 7) is 0. The van der Waals surface area contributed by atoms with E-state index in [1.807, 2.05) is 72.1 Å². The number of carbonyl (C=O) groups is 3. The Morgan fingerprint density at radius 2 is 1.54 bits per heavy atom. The Labute approximate surface area is 318 Å². The van der Waals surface area contributed by atoms with E-state index >= 15 is 0 Å². The summed E-state index contributed by atoms with van der Waals surface area (Å²) in [7, 11) is 1.61. The van der Waals surface area contributed by atoms with Gasteiger partial charge in [-0.1, -0.05) is 96.0 Å². The van der Waals surface area contributed by atoms with E-state index in [-0.39, 0.29) is 16.6 Å². The van der Waals surface area contributed by atoms with Gasteiger partial charge < -0.3 is 20.7 Å². The van der Waals surface area contributed by atoms with Crippen LogP contribution in [-0.2, 0) is 9.59 Å². The van der Waals surface area contributed by atoms with Crippen molar-refractivity contribution in [2.45, 2.75) is 10.1 Å². The van der Waals surface area contributed by atoms with Crippen LogP contribution in [0.3, 0.4) is 0 Å². The van der Waals surface area contributed by atoms with E-state index < -0.39 is 17.1 Å². The van der Waals surface area contributed by atoms with Crippen LogP contribution in [0.25, 0.3) is 17.3 Å². The molecular weight excluding hydrogens is 736 g/mol. The third-order valence-electron chi connectivity index (χ3n) is 7.62. The van der Waals surface area contributed by atoms with Gasteiger partial charge in [-0.25, -0.2) is 4.98 Å². The van der Waals surface area contributed by atoms with E-state index in [9.17, 15) is 14.4 Å². The smallest absolute Gasteiger partial charge is 0.272 e. The predicted molar refractivity (Wildman–Crippen MR) is 211 cm³/mol. The highest BCUT2D eigenvalue weighted by atomic mass is 35.5. The molecular formula is C40H30Cl2N4O4S2. The van der Waals surface area contributed by atoms with Crippen molar-refractivity contribution >= 4 is 80.9 Å². The zero-order chi connectivity index (χ0) is 36.5. The Morgan fingerprint density at radius 1 is 0.827 bits per heavy atom. The van der Waals surface area contributed by atoms with Crippen LogP contribution in [0.4, 0.5) is 10.8 Å². The van der Waals surface area contributed by atoms with E-state index in [1.165, 1.54) is 29.2 Å². The molecule has 0 saturated heterocycles. The quantitative estimate of drug-likeness (QED) is 0.0846. The maximum atomic E-state index is 13.7. The van der Waals surface area contributed by atoms with E-state index in [0.717, 1.165) is 27.5 Å². The van der Waals surface area contributed by atoms with E-state index in [1.54, 1.807) is 67.8 Å². The zero-order valence-electron chi connectivity index (χ0n) is 27.5. The average Bonchev–Trinajstić information content (AvgIpc) is 3.65. The molecule has 0 bridgehead atoms. The van der Waals surface area contributed by atoms with Crippen molar-refractivity contribution in [3.63, 3.8) is 0 Å². The standard InChI is InChI=1S/C40H30Cl2N4O4S2/c1-50-30-16-8-14-27(22-30)34-24-51-40(45-34)46-39(49)36(25-10-4-2-5-11-25)52-31-20-18-29(19-21-31)43-38(48)33(23-28-15-9-17-32(41)35(28)42)44-37(47)26-12-6-3-7-13-26/h2-24,36H,1H3,(H,43,48)(H,44,47)(H,45,46,49)/b33-23-. The van der Waals surface area contributed by atoms with Crippen LogP contribution in [0.5, 0.6) is 5.75 Å². The first kappa shape index (κ1) is 36.4. The molecule has 0 saturated carbocycles. The van der Waals surface area contributed by atoms with Crippen LogP contribution < -0.4 is 20.7 Å². The number of benzene rings is 5. The van der Waals surface area contributed by atoms with Crippen LogP contribution in [0.1, 0.15) is 26.7 Å². The van der Waals surface area contributed by atoms with Crippen molar-refractivity contribution in [2.75, 3.05) is 17.7 Å². The summed E-state index contributed by atoms with van der Waals surface area (Å²) in [5.74, 6) is -0.550. The molecule has 0 spiro atoms. The molecule has 1 atom stereocenters. The number of anilines is 2. The summed E-state index contributed by atoms with van der Waals surface area (Å²) in [5, 5.41) is 10.8. The molecule has 6 aromatic rings. The molecule has 0 aliphatic carbocycles. The first-order valence-electron chi connectivity index (χ1n) is 15.8. The molecule has 3 amide bonds. The topological polar surface area (TPSA) is 109 Å². The second-order valence-corrected chi connectivity index (χ2v) is 14.0. The van der Waals surface area contributed by atoms with Crippen molar-refractivity contribution in [1.29, 1.82) is 0 Å². The van der Waals surface area contributed by atoms with Gasteiger partial charge in [0.2, 0.25) is 5.91 Å². The fraction of sp³-hybridized carbons (Fsp3) is 0.0500. The van der Waals surface area contributed by atoms with Crippen molar-refractivity contribution in [1.82, 2.24) is 10.3 Å². The number of ether oxygens (including phenoxy) is 1. The molecule has 3 N–H and O–H groups in total. The molecule has 0 aliphatic heterocycles.